The van der Waals surface area contributed by atoms with E-state index in [1.54, 1.807) is 0 Å². The fourth-order valence-corrected chi connectivity index (χ4v) is 7.73. The van der Waals surface area contributed by atoms with Gasteiger partial charge in [-0.05, 0) is 44.9 Å². The molecule has 0 aromatic heterocycles. The number of aliphatic hydroxyl groups is 2. The van der Waals surface area contributed by atoms with Crippen molar-refractivity contribution in [3.8, 4) is 0 Å². The van der Waals surface area contributed by atoms with Gasteiger partial charge in [0, 0.05) is 6.42 Å². The van der Waals surface area contributed by atoms with Gasteiger partial charge in [-0.15, -0.1) is 0 Å². The number of amides is 1. The molecular weight excluding hydrogens is 719 g/mol. The molecule has 58 heavy (non-hydrogen) atoms. The number of rotatable bonds is 45. The van der Waals surface area contributed by atoms with Crippen molar-refractivity contribution in [3.05, 3.63) is 36.5 Å². The second-order valence-electron chi connectivity index (χ2n) is 17.3. The fraction of sp³-hybridized carbons (Fsp3) is 0.846. The monoisotopic (exact) mass is 816 g/mol. The largest absolute Gasteiger partial charge is 0.462 e. The molecule has 3 unspecified atom stereocenters. The lowest BCUT2D eigenvalue weighted by Gasteiger charge is -2.24. The number of allylic oxidation sites excluding steroid dienone is 6. The van der Waals surface area contributed by atoms with Gasteiger partial charge in [-0.2, -0.15) is 0 Å². The summed E-state index contributed by atoms with van der Waals surface area (Å²) in [6.45, 7) is 6.35. The van der Waals surface area contributed by atoms with Gasteiger partial charge < -0.3 is 20.3 Å². The van der Waals surface area contributed by atoms with Crippen LogP contribution in [0, 0.1) is 0 Å². The van der Waals surface area contributed by atoms with Crippen LogP contribution in [-0.2, 0) is 14.3 Å². The Morgan fingerprint density at radius 3 is 1.40 bits per heavy atom. The molecule has 0 aromatic rings. The molecule has 0 saturated heterocycles. The van der Waals surface area contributed by atoms with Gasteiger partial charge in [0.25, 0.3) is 0 Å². The third kappa shape index (κ3) is 40.8. The fourth-order valence-electron chi connectivity index (χ4n) is 7.73. The summed E-state index contributed by atoms with van der Waals surface area (Å²) in [4.78, 5) is 26.0. The zero-order valence-corrected chi connectivity index (χ0v) is 38.7. The highest BCUT2D eigenvalue weighted by atomic mass is 16.5. The number of carbonyl (C=O) groups is 2. The van der Waals surface area contributed by atoms with Gasteiger partial charge in [-0.25, -0.2) is 0 Å². The molecule has 0 bridgehead atoms. The van der Waals surface area contributed by atoms with Crippen LogP contribution in [0.25, 0.3) is 0 Å². The van der Waals surface area contributed by atoms with E-state index in [1.165, 1.54) is 141 Å². The predicted molar refractivity (Wildman–Crippen MR) is 250 cm³/mol. The van der Waals surface area contributed by atoms with Crippen molar-refractivity contribution >= 4 is 11.9 Å². The second kappa shape index (κ2) is 46.2. The third-order valence-electron chi connectivity index (χ3n) is 11.5. The van der Waals surface area contributed by atoms with Crippen LogP contribution < -0.4 is 5.32 Å². The highest BCUT2D eigenvalue weighted by Crippen LogP contribution is 2.18. The smallest absolute Gasteiger partial charge is 0.306 e. The van der Waals surface area contributed by atoms with Crippen molar-refractivity contribution in [2.75, 3.05) is 6.61 Å². The Kier molecular flexibility index (Phi) is 44.6. The van der Waals surface area contributed by atoms with Crippen molar-refractivity contribution in [1.29, 1.82) is 0 Å². The van der Waals surface area contributed by atoms with Crippen LogP contribution in [0.4, 0.5) is 0 Å². The zero-order chi connectivity index (χ0) is 42.4. The summed E-state index contributed by atoms with van der Waals surface area (Å²) in [6.07, 6.45) is 53.5. The van der Waals surface area contributed by atoms with E-state index in [2.05, 4.69) is 50.4 Å². The van der Waals surface area contributed by atoms with E-state index in [0.717, 1.165) is 70.6 Å². The van der Waals surface area contributed by atoms with Crippen LogP contribution in [0.3, 0.4) is 0 Å². The summed E-state index contributed by atoms with van der Waals surface area (Å²) in [5.41, 5.74) is 0. The van der Waals surface area contributed by atoms with Crippen LogP contribution in [0.2, 0.25) is 0 Å². The number of hydrogen-bond acceptors (Lipinski definition) is 5. The van der Waals surface area contributed by atoms with E-state index in [-0.39, 0.29) is 24.9 Å². The van der Waals surface area contributed by atoms with E-state index >= 15 is 0 Å². The average Bonchev–Trinajstić information content (AvgIpc) is 3.22. The average molecular weight is 816 g/mol. The molecule has 340 valence electrons. The Morgan fingerprint density at radius 1 is 0.517 bits per heavy atom. The Labute approximate surface area is 360 Å². The minimum absolute atomic E-state index is 0.0580. The van der Waals surface area contributed by atoms with Crippen molar-refractivity contribution in [1.82, 2.24) is 5.32 Å². The highest BCUT2D eigenvalue weighted by molar-refractivity contribution is 5.77. The summed E-state index contributed by atoms with van der Waals surface area (Å²) < 4.78 is 5.90. The van der Waals surface area contributed by atoms with E-state index in [0.29, 0.717) is 19.3 Å². The summed E-state index contributed by atoms with van der Waals surface area (Å²) in [6, 6.07) is -0.709. The number of carbonyl (C=O) groups excluding carboxylic acids is 2. The zero-order valence-electron chi connectivity index (χ0n) is 38.7. The Morgan fingerprint density at radius 2 is 0.931 bits per heavy atom. The maximum absolute atomic E-state index is 13.2. The van der Waals surface area contributed by atoms with Gasteiger partial charge in [-0.3, -0.25) is 9.59 Å². The Hall–Kier alpha value is -1.92. The molecule has 0 aliphatic carbocycles. The number of hydrogen-bond donors (Lipinski definition) is 3. The van der Waals surface area contributed by atoms with Gasteiger partial charge in [0.15, 0.2) is 0 Å². The van der Waals surface area contributed by atoms with Crippen LogP contribution in [0.1, 0.15) is 258 Å². The molecule has 0 rings (SSSR count). The van der Waals surface area contributed by atoms with Crippen LogP contribution in [0.15, 0.2) is 36.5 Å². The van der Waals surface area contributed by atoms with Gasteiger partial charge in [0.05, 0.1) is 25.2 Å². The SMILES string of the molecule is CC/C=C/C=C/C=C\CCCCCC(CC(=O)NC(CO)C(O)CCCCCCCCCCCCCCCCCC)OC(=O)CCCCCCCCCCCCCC. The molecule has 6 heteroatoms. The maximum atomic E-state index is 13.2. The first-order valence-corrected chi connectivity index (χ1v) is 25.2. The molecule has 0 aromatic carbocycles. The molecule has 0 heterocycles. The molecule has 6 nitrogen and oxygen atoms in total. The second-order valence-corrected chi connectivity index (χ2v) is 17.3. The summed E-state index contributed by atoms with van der Waals surface area (Å²) >= 11 is 0. The maximum Gasteiger partial charge on any atom is 0.306 e. The van der Waals surface area contributed by atoms with E-state index in [1.807, 2.05) is 12.2 Å². The normalized spacial score (nSPS) is 13.5. The lowest BCUT2D eigenvalue weighted by atomic mass is 10.0. The van der Waals surface area contributed by atoms with Gasteiger partial charge in [-0.1, -0.05) is 237 Å². The highest BCUT2D eigenvalue weighted by Gasteiger charge is 2.24. The minimum Gasteiger partial charge on any atom is -0.462 e. The lowest BCUT2D eigenvalue weighted by Crippen LogP contribution is -2.46. The van der Waals surface area contributed by atoms with E-state index in [4.69, 9.17) is 4.74 Å². The first kappa shape index (κ1) is 56.1. The molecule has 0 aliphatic rings. The van der Waals surface area contributed by atoms with Crippen molar-refractivity contribution in [3.63, 3.8) is 0 Å². The molecule has 0 spiro atoms. The Balaban J connectivity index is 4.51. The van der Waals surface area contributed by atoms with Crippen molar-refractivity contribution < 1.29 is 24.5 Å². The number of aliphatic hydroxyl groups excluding tert-OH is 2. The molecular formula is C52H97NO5. The Bertz CT molecular complexity index is 961. The molecule has 0 aliphatic heterocycles. The molecule has 0 saturated carbocycles. The standard InChI is InChI=1S/C52H97NO5/c1-4-7-10-13-16-19-22-24-25-26-27-29-32-35-38-41-44-50(55)49(47-54)53-51(56)46-48(43-40-37-34-31-28-21-18-15-12-9-6-3)58-52(57)45-42-39-36-33-30-23-20-17-14-11-8-5-2/h9,12,15,18,21,28,48-50,54-55H,4-8,10-11,13-14,16-17,19-20,22-27,29-47H2,1-3H3,(H,53,56)/b12-9+,18-15+,28-21-. The quantitative estimate of drug-likeness (QED) is 0.0323. The third-order valence-corrected chi connectivity index (χ3v) is 11.5. The number of unbranched alkanes of at least 4 members (excludes halogenated alkanes) is 29. The van der Waals surface area contributed by atoms with Crippen molar-refractivity contribution in [2.24, 2.45) is 0 Å². The van der Waals surface area contributed by atoms with Crippen molar-refractivity contribution in [2.45, 2.75) is 277 Å². The summed E-state index contributed by atoms with van der Waals surface area (Å²) in [5.74, 6) is -0.501. The number of nitrogens with one attached hydrogen (secondary N) is 1. The molecule has 0 fully saturated rings. The molecule has 3 atom stereocenters. The van der Waals surface area contributed by atoms with Gasteiger partial charge in [0.1, 0.15) is 6.10 Å². The van der Waals surface area contributed by atoms with Gasteiger partial charge in [0.2, 0.25) is 5.91 Å². The van der Waals surface area contributed by atoms with E-state index in [9.17, 15) is 19.8 Å². The topological polar surface area (TPSA) is 95.9 Å². The lowest BCUT2D eigenvalue weighted by molar-refractivity contribution is -0.151. The summed E-state index contributed by atoms with van der Waals surface area (Å²) in [7, 11) is 0. The number of esters is 1. The first-order valence-electron chi connectivity index (χ1n) is 25.2. The van der Waals surface area contributed by atoms with Gasteiger partial charge >= 0.3 is 5.97 Å². The molecule has 1 amide bonds. The van der Waals surface area contributed by atoms with Crippen LogP contribution in [-0.4, -0.2) is 46.9 Å². The van der Waals surface area contributed by atoms with E-state index < -0.39 is 18.2 Å². The minimum atomic E-state index is -0.794. The first-order chi connectivity index (χ1) is 28.5. The summed E-state index contributed by atoms with van der Waals surface area (Å²) in [5, 5.41) is 23.7. The van der Waals surface area contributed by atoms with Crippen LogP contribution in [0.5, 0.6) is 0 Å². The molecule has 0 radical (unpaired) electrons. The number of ether oxygens (including phenoxy) is 1. The predicted octanol–water partition coefficient (Wildman–Crippen LogP) is 14.9. The van der Waals surface area contributed by atoms with Crippen LogP contribution >= 0.6 is 0 Å². The molecule has 3 N–H and O–H groups in total.